The van der Waals surface area contributed by atoms with Gasteiger partial charge in [0.2, 0.25) is 5.79 Å². The van der Waals surface area contributed by atoms with Gasteiger partial charge in [0.05, 0.1) is 37.6 Å². The Bertz CT molecular complexity index is 1890. The number of ketones is 3. The van der Waals surface area contributed by atoms with Gasteiger partial charge in [0, 0.05) is 69.5 Å². The third-order valence-electron chi connectivity index (χ3n) is 15.4. The lowest BCUT2D eigenvalue weighted by atomic mass is 9.78. The molecule has 0 spiro atoms. The van der Waals surface area contributed by atoms with E-state index < -0.39 is 77.8 Å². The van der Waals surface area contributed by atoms with Gasteiger partial charge in [0.25, 0.3) is 11.7 Å². The number of aliphatic hydroxyl groups excluding tert-OH is 1. The van der Waals surface area contributed by atoms with Crippen LogP contribution < -0.4 is 0 Å². The van der Waals surface area contributed by atoms with Crippen molar-refractivity contribution in [3.63, 3.8) is 0 Å². The molecule has 0 aromatic heterocycles. The number of carbonyl (C=O) groups excluding carboxylic acids is 5. The highest BCUT2D eigenvalue weighted by Crippen LogP contribution is 2.38. The van der Waals surface area contributed by atoms with Crippen molar-refractivity contribution in [3.8, 4) is 0 Å². The van der Waals surface area contributed by atoms with E-state index in [2.05, 4.69) is 22.6 Å². The lowest BCUT2D eigenvalue weighted by molar-refractivity contribution is -0.266. The van der Waals surface area contributed by atoms with Gasteiger partial charge in [0.15, 0.2) is 5.78 Å². The van der Waals surface area contributed by atoms with Crippen LogP contribution in [0.1, 0.15) is 132 Å². The number of piperidine rings is 1. The summed E-state index contributed by atoms with van der Waals surface area (Å²) in [5.41, 5.74) is 1.26. The Kier molecular flexibility index (Phi) is 26.4. The molecule has 2 N–H and O–H groups in total. The maximum Gasteiger partial charge on any atom is 0.329 e. The summed E-state index contributed by atoms with van der Waals surface area (Å²) in [4.78, 5) is 72.7. The van der Waals surface area contributed by atoms with Gasteiger partial charge in [-0.1, -0.05) is 93.7 Å². The Morgan fingerprint density at radius 3 is 2.29 bits per heavy atom. The van der Waals surface area contributed by atoms with Crippen LogP contribution in [0.3, 0.4) is 0 Å². The lowest BCUT2D eigenvalue weighted by Crippen LogP contribution is -2.61. The Morgan fingerprint density at radius 2 is 1.60 bits per heavy atom. The molecule has 0 aromatic rings. The van der Waals surface area contributed by atoms with Crippen molar-refractivity contribution in [2.75, 3.05) is 52.1 Å². The van der Waals surface area contributed by atoms with Crippen LogP contribution in [-0.4, -0.2) is 151 Å². The molecule has 15 nitrogen and oxygen atoms in total. The van der Waals surface area contributed by atoms with Gasteiger partial charge in [-0.2, -0.15) is 0 Å². The van der Waals surface area contributed by atoms with E-state index in [1.165, 1.54) is 12.0 Å². The number of hydrogen-bond acceptors (Lipinski definition) is 14. The lowest BCUT2D eigenvalue weighted by Gasteiger charge is -2.43. The molecule has 4 rings (SSSR count). The third kappa shape index (κ3) is 17.7. The first-order valence-corrected chi connectivity index (χ1v) is 28.1. The minimum atomic E-state index is -2.45. The van der Waals surface area contributed by atoms with Crippen molar-refractivity contribution >= 4 is 51.8 Å². The zero-order valence-corrected chi connectivity index (χ0v) is 47.1. The first-order chi connectivity index (χ1) is 34.3. The molecule has 4 aliphatic rings. The number of Topliss-reactive ketones (excluding diaryl/α,β-unsaturated/α-hetero) is 3. The van der Waals surface area contributed by atoms with Gasteiger partial charge in [-0.15, -0.1) is 0 Å². The Balaban J connectivity index is 1.71. The number of allylic oxidation sites excluding steroid dienone is 6. The van der Waals surface area contributed by atoms with Crippen LogP contribution in [0, 0.1) is 35.5 Å². The van der Waals surface area contributed by atoms with E-state index in [0.717, 1.165) is 35.7 Å². The molecule has 408 valence electrons. The van der Waals surface area contributed by atoms with Crippen molar-refractivity contribution in [1.29, 1.82) is 0 Å². The quantitative estimate of drug-likeness (QED) is 0.0449. The van der Waals surface area contributed by atoms with Crippen LogP contribution in [0.2, 0.25) is 0 Å². The van der Waals surface area contributed by atoms with E-state index in [0.29, 0.717) is 57.3 Å². The van der Waals surface area contributed by atoms with Gasteiger partial charge < -0.3 is 48.3 Å². The van der Waals surface area contributed by atoms with Gasteiger partial charge in [0.1, 0.15) is 30.1 Å². The van der Waals surface area contributed by atoms with E-state index >= 15 is 0 Å². The van der Waals surface area contributed by atoms with Crippen molar-refractivity contribution in [2.24, 2.45) is 35.5 Å². The van der Waals surface area contributed by atoms with Gasteiger partial charge in [-0.25, -0.2) is 4.79 Å². The van der Waals surface area contributed by atoms with Crippen molar-refractivity contribution < 1.29 is 67.3 Å². The molecule has 72 heavy (non-hydrogen) atoms. The Hall–Kier alpha value is -2.68. The van der Waals surface area contributed by atoms with Gasteiger partial charge >= 0.3 is 5.97 Å². The number of aliphatic hydroxyl groups is 2. The number of methoxy groups -OCH3 is 3. The van der Waals surface area contributed by atoms with Crippen LogP contribution in [0.4, 0.5) is 0 Å². The number of esters is 1. The first kappa shape index (κ1) is 61.9. The number of nitrogens with zero attached hydrogens (tertiary/aromatic N) is 1. The van der Waals surface area contributed by atoms with E-state index in [1.54, 1.807) is 41.1 Å². The number of fused-ring (bicyclic) bond motifs is 3. The van der Waals surface area contributed by atoms with Gasteiger partial charge in [-0.3, -0.25) is 19.2 Å². The average Bonchev–Trinajstić information content (AvgIpc) is 3.36. The Labute approximate surface area is 443 Å². The van der Waals surface area contributed by atoms with Crippen LogP contribution in [0.15, 0.2) is 47.6 Å². The van der Waals surface area contributed by atoms with E-state index in [-0.39, 0.29) is 73.9 Å². The topological polar surface area (TPSA) is 194 Å². The molecular formula is C56H88INO14. The number of hydrogen-bond donors (Lipinski definition) is 2. The van der Waals surface area contributed by atoms with Gasteiger partial charge in [-0.05, 0) is 113 Å². The smallest absolute Gasteiger partial charge is 0.329 e. The fourth-order valence-corrected chi connectivity index (χ4v) is 11.1. The van der Waals surface area contributed by atoms with E-state index in [4.69, 9.17) is 33.2 Å². The number of amides is 1. The standard InChI is InChI=1S/C56H88INO14/c1-35-17-12-11-13-18-36(2)47(70-28-27-66-8)33-43-22-20-41(7)56(65,72-43)53(62)54(63)58-25-15-14-19-44(58)55(64)71-48(38(4)31-42-21-23-46(49(32-42)67-9)69-26-16-24-57)34-45(59)37(3)30-40(6)51(61)52(68-10)50(60)39(5)29-35/h11-13,17-18,30,35,37-39,41-44,46-49,51-52,61,65H,14-16,19-29,31-34H2,1-10H3/b13-11+,17-12+,36-18+,40-30+/t35-,37-,38?,39-,41-,42+,43+,44+,46-,47-,48+,49-,51-,52+,56-/m1/s1. The van der Waals surface area contributed by atoms with Crippen LogP contribution in [-0.2, 0) is 57.1 Å². The minimum absolute atomic E-state index is 0.00824. The van der Waals surface area contributed by atoms with Crippen LogP contribution in [0.5, 0.6) is 0 Å². The average molecular weight is 1130 g/mol. The number of alkyl halides is 1. The minimum Gasteiger partial charge on any atom is -0.460 e. The molecule has 3 fully saturated rings. The summed E-state index contributed by atoms with van der Waals surface area (Å²) in [5.74, 6) is -7.85. The van der Waals surface area contributed by atoms with E-state index in [9.17, 15) is 34.2 Å². The molecule has 3 heterocycles. The molecule has 2 bridgehead atoms. The van der Waals surface area contributed by atoms with Crippen molar-refractivity contribution in [1.82, 2.24) is 4.90 Å². The third-order valence-corrected chi connectivity index (χ3v) is 16.1. The highest BCUT2D eigenvalue weighted by atomic mass is 127. The summed E-state index contributed by atoms with van der Waals surface area (Å²) in [6, 6.07) is -1.14. The number of rotatable bonds is 13. The molecule has 0 radical (unpaired) electrons. The predicted octanol–water partition coefficient (Wildman–Crippen LogP) is 8.05. The summed E-state index contributed by atoms with van der Waals surface area (Å²) in [5, 5.41) is 23.6. The highest BCUT2D eigenvalue weighted by molar-refractivity contribution is 14.1. The number of halogens is 1. The second kappa shape index (κ2) is 30.8. The molecule has 15 atom stereocenters. The molecule has 0 aromatic carbocycles. The van der Waals surface area contributed by atoms with Crippen molar-refractivity contribution in [3.05, 3.63) is 47.6 Å². The molecular weight excluding hydrogens is 1040 g/mol. The highest BCUT2D eigenvalue weighted by Gasteiger charge is 2.53. The maximum atomic E-state index is 14.6. The number of carbonyl (C=O) groups is 5. The second-order valence-electron chi connectivity index (χ2n) is 21.1. The van der Waals surface area contributed by atoms with Crippen LogP contribution >= 0.6 is 22.6 Å². The fourth-order valence-electron chi connectivity index (χ4n) is 10.8. The molecule has 2 saturated heterocycles. The summed E-state index contributed by atoms with van der Waals surface area (Å²) in [7, 11) is 4.67. The molecule has 1 aliphatic carbocycles. The molecule has 1 unspecified atom stereocenters. The monoisotopic (exact) mass is 1130 g/mol. The number of cyclic esters (lactones) is 1. The maximum absolute atomic E-state index is 14.6. The van der Waals surface area contributed by atoms with E-state index in [1.807, 2.05) is 58.1 Å². The summed E-state index contributed by atoms with van der Waals surface area (Å²) < 4.78 is 42.9. The zero-order chi connectivity index (χ0) is 53.1. The molecule has 16 heteroatoms. The summed E-state index contributed by atoms with van der Waals surface area (Å²) in [6.45, 7) is 14.2. The normalized spacial score (nSPS) is 37.7. The molecule has 1 saturated carbocycles. The number of ether oxygens (including phenoxy) is 7. The largest absolute Gasteiger partial charge is 0.460 e. The van der Waals surface area contributed by atoms with Crippen molar-refractivity contribution in [2.45, 2.75) is 186 Å². The first-order valence-electron chi connectivity index (χ1n) is 26.5. The molecule has 1 amide bonds. The summed E-state index contributed by atoms with van der Waals surface area (Å²) >= 11 is 2.34. The second-order valence-corrected chi connectivity index (χ2v) is 22.2. The Morgan fingerprint density at radius 1 is 0.847 bits per heavy atom. The predicted molar refractivity (Wildman–Crippen MR) is 283 cm³/mol. The fraction of sp³-hybridized carbons (Fsp3) is 0.768. The zero-order valence-electron chi connectivity index (χ0n) is 44.9. The SMILES string of the molecule is COCCO[C@@H]1C[C@@H]2CC[C@@H](C)[C@@](O)(O2)C(=O)C(=O)N2CCCC[C@H]2C(=O)O[C@H](C(C)C[C@@H]2CC[C@@H](OCCCI)[C@H](OC)C2)CC(=O)[C@H](C)/C=C(\C)[C@@H](O)[C@@H](OC)C(=O)[C@H](C)C[C@H](C)/C=C/C=C/C=C/1C. The molecule has 3 aliphatic heterocycles. The summed E-state index contributed by atoms with van der Waals surface area (Å²) in [6.07, 6.45) is 13.5. The van der Waals surface area contributed by atoms with Crippen LogP contribution in [0.25, 0.3) is 0 Å².